The maximum Gasteiger partial charge on any atom is 0.472 e. The summed E-state index contributed by atoms with van der Waals surface area (Å²) in [6.45, 7) is 7.35. The maximum atomic E-state index is 13.2. The molecule has 0 bridgehead atoms. The third-order valence-corrected chi connectivity index (χ3v) is 22.4. The Bertz CT molecular complexity index is 2010. The van der Waals surface area contributed by atoms with Crippen molar-refractivity contribution < 1.29 is 80.2 Å². The van der Waals surface area contributed by atoms with E-state index in [1.165, 1.54) is 295 Å². The van der Waals surface area contributed by atoms with Gasteiger partial charge in [-0.05, 0) is 31.6 Å². The fourth-order valence-electron chi connectivity index (χ4n) is 13.6. The number of aliphatic hydroxyl groups excluding tert-OH is 1. The number of carbonyl (C=O) groups excluding carboxylic acids is 4. The summed E-state index contributed by atoms with van der Waals surface area (Å²) in [6.07, 6.45) is 73.6. The third kappa shape index (κ3) is 80.1. The summed E-state index contributed by atoms with van der Waals surface area (Å²) in [5.41, 5.74) is 0. The van der Waals surface area contributed by atoms with Gasteiger partial charge in [0.05, 0.1) is 26.4 Å². The predicted octanol–water partition coefficient (Wildman–Crippen LogP) is 26.8. The molecule has 0 saturated carbocycles. The van der Waals surface area contributed by atoms with Gasteiger partial charge in [0.25, 0.3) is 0 Å². The topological polar surface area (TPSA) is 237 Å². The zero-order chi connectivity index (χ0) is 77.6. The molecule has 17 nitrogen and oxygen atoms in total. The fourth-order valence-corrected chi connectivity index (χ4v) is 15.2. The summed E-state index contributed by atoms with van der Waals surface area (Å²) in [6, 6.07) is 0. The van der Waals surface area contributed by atoms with Crippen molar-refractivity contribution in [1.82, 2.24) is 0 Å². The second kappa shape index (κ2) is 79.7. The van der Waals surface area contributed by atoms with Gasteiger partial charge in [-0.2, -0.15) is 0 Å². The van der Waals surface area contributed by atoms with Crippen molar-refractivity contribution in [1.29, 1.82) is 0 Å². The second-order valence-electron chi connectivity index (χ2n) is 31.8. The van der Waals surface area contributed by atoms with Gasteiger partial charge in [0.1, 0.15) is 19.3 Å². The Morgan fingerprint density at radius 1 is 0.255 bits per heavy atom. The van der Waals surface area contributed by atoms with Crippen molar-refractivity contribution in [3.8, 4) is 0 Å². The number of phosphoric acid groups is 2. The molecule has 0 saturated heterocycles. The van der Waals surface area contributed by atoms with E-state index >= 15 is 0 Å². The predicted molar refractivity (Wildman–Crippen MR) is 437 cm³/mol. The van der Waals surface area contributed by atoms with E-state index in [9.17, 15) is 43.2 Å². The summed E-state index contributed by atoms with van der Waals surface area (Å²) < 4.78 is 68.9. The van der Waals surface area contributed by atoms with Crippen LogP contribution in [0.25, 0.3) is 0 Å². The summed E-state index contributed by atoms with van der Waals surface area (Å²) in [4.78, 5) is 73.3. The number of unbranched alkanes of at least 4 members (excludes halogenated alkanes) is 59. The van der Waals surface area contributed by atoms with Crippen LogP contribution in [0.2, 0.25) is 0 Å². The van der Waals surface area contributed by atoms with Crippen LogP contribution in [0, 0.1) is 5.92 Å². The van der Waals surface area contributed by atoms with E-state index in [1.807, 2.05) is 0 Å². The Balaban J connectivity index is 5.24. The van der Waals surface area contributed by atoms with Crippen molar-refractivity contribution in [2.24, 2.45) is 5.92 Å². The molecule has 0 radical (unpaired) electrons. The number of aliphatic hydroxyl groups is 1. The molecule has 0 aromatic rings. The molecule has 0 fully saturated rings. The van der Waals surface area contributed by atoms with E-state index in [4.69, 9.17) is 37.0 Å². The highest BCUT2D eigenvalue weighted by Crippen LogP contribution is 2.45. The molecule has 0 aliphatic rings. The van der Waals surface area contributed by atoms with Gasteiger partial charge in [-0.15, -0.1) is 0 Å². The van der Waals surface area contributed by atoms with Crippen molar-refractivity contribution in [3.05, 3.63) is 0 Å². The number of esters is 4. The molecule has 106 heavy (non-hydrogen) atoms. The molecule has 19 heteroatoms. The molecule has 630 valence electrons. The van der Waals surface area contributed by atoms with Crippen LogP contribution in [0.4, 0.5) is 0 Å². The molecule has 0 spiro atoms. The van der Waals surface area contributed by atoms with Gasteiger partial charge < -0.3 is 33.8 Å². The minimum atomic E-state index is -4.97. The SMILES string of the molecule is CCCCCCCCCCCCCCCCCCCCCCCCC(=O)O[C@H](COC(=O)CCCCCCCCCCCCCCCCCCC)COP(=O)(O)OC[C@@H](O)COP(=O)(O)OC[C@@H](COC(=O)CCCCCCCCCCCC(C)C)OC(=O)CCCCCCCCCCCCCCCCC. The molecule has 0 aliphatic heterocycles. The fraction of sp³-hybridized carbons (Fsp3) is 0.954. The maximum absolute atomic E-state index is 13.2. The first kappa shape index (κ1) is 104. The second-order valence-corrected chi connectivity index (χ2v) is 34.7. The third-order valence-electron chi connectivity index (χ3n) is 20.5. The Labute approximate surface area is 651 Å². The number of phosphoric ester groups is 2. The first-order chi connectivity index (χ1) is 51.5. The van der Waals surface area contributed by atoms with Gasteiger partial charge in [-0.1, -0.05) is 420 Å². The normalized spacial score (nSPS) is 13.7. The molecular weight excluding hydrogens is 1380 g/mol. The largest absolute Gasteiger partial charge is 0.472 e. The smallest absolute Gasteiger partial charge is 0.462 e. The van der Waals surface area contributed by atoms with Crippen molar-refractivity contribution in [3.63, 3.8) is 0 Å². The summed E-state index contributed by atoms with van der Waals surface area (Å²) in [5, 5.41) is 10.7. The quantitative estimate of drug-likeness (QED) is 0.0222. The Morgan fingerprint density at radius 3 is 0.642 bits per heavy atom. The Hall–Kier alpha value is -1.94. The van der Waals surface area contributed by atoms with Crippen LogP contribution in [0.5, 0.6) is 0 Å². The zero-order valence-electron chi connectivity index (χ0n) is 69.6. The molecule has 0 aromatic heterocycles. The van der Waals surface area contributed by atoms with Crippen LogP contribution in [0.15, 0.2) is 0 Å². The molecule has 3 N–H and O–H groups in total. The van der Waals surface area contributed by atoms with Gasteiger partial charge in [0.2, 0.25) is 0 Å². The average molecular weight is 1550 g/mol. The summed E-state index contributed by atoms with van der Waals surface area (Å²) >= 11 is 0. The van der Waals surface area contributed by atoms with Crippen LogP contribution in [0.3, 0.4) is 0 Å². The highest BCUT2D eigenvalue weighted by Gasteiger charge is 2.30. The minimum Gasteiger partial charge on any atom is -0.462 e. The molecule has 5 atom stereocenters. The Morgan fingerprint density at radius 2 is 0.434 bits per heavy atom. The lowest BCUT2D eigenvalue weighted by molar-refractivity contribution is -0.161. The lowest BCUT2D eigenvalue weighted by atomic mass is 10.0. The van der Waals surface area contributed by atoms with Crippen LogP contribution >= 0.6 is 15.6 Å². The highest BCUT2D eigenvalue weighted by molar-refractivity contribution is 7.47. The van der Waals surface area contributed by atoms with E-state index in [0.717, 1.165) is 95.8 Å². The molecule has 0 amide bonds. The lowest BCUT2D eigenvalue weighted by Crippen LogP contribution is -2.30. The number of hydrogen-bond donors (Lipinski definition) is 3. The molecule has 0 heterocycles. The van der Waals surface area contributed by atoms with Gasteiger partial charge in [-0.3, -0.25) is 37.3 Å². The van der Waals surface area contributed by atoms with Crippen LogP contribution < -0.4 is 0 Å². The van der Waals surface area contributed by atoms with Crippen molar-refractivity contribution in [2.75, 3.05) is 39.6 Å². The van der Waals surface area contributed by atoms with E-state index in [0.29, 0.717) is 25.7 Å². The van der Waals surface area contributed by atoms with E-state index < -0.39 is 97.5 Å². The molecule has 2 unspecified atom stereocenters. The molecule has 0 aromatic carbocycles. The highest BCUT2D eigenvalue weighted by atomic mass is 31.2. The van der Waals surface area contributed by atoms with Gasteiger partial charge >= 0.3 is 39.5 Å². The monoisotopic (exact) mass is 1550 g/mol. The van der Waals surface area contributed by atoms with Gasteiger partial charge in [0.15, 0.2) is 12.2 Å². The van der Waals surface area contributed by atoms with Gasteiger partial charge in [-0.25, -0.2) is 9.13 Å². The van der Waals surface area contributed by atoms with Crippen LogP contribution in [-0.4, -0.2) is 96.7 Å². The Kier molecular flexibility index (Phi) is 78.2. The number of rotatable bonds is 87. The first-order valence-corrected chi connectivity index (χ1v) is 48.1. The number of ether oxygens (including phenoxy) is 4. The van der Waals surface area contributed by atoms with Crippen LogP contribution in [0.1, 0.15) is 471 Å². The minimum absolute atomic E-state index is 0.108. The number of hydrogen-bond acceptors (Lipinski definition) is 15. The molecule has 0 aliphatic carbocycles. The molecule has 0 rings (SSSR count). The van der Waals surface area contributed by atoms with Gasteiger partial charge in [0, 0.05) is 25.7 Å². The zero-order valence-corrected chi connectivity index (χ0v) is 71.4. The summed E-state index contributed by atoms with van der Waals surface area (Å²) in [5.74, 6) is -1.35. The average Bonchev–Trinajstić information content (AvgIpc) is 0.906. The standard InChI is InChI=1S/C87H170O17P2/c1-6-9-12-15-18-21-24-27-30-32-33-34-35-36-38-41-44-47-52-58-63-68-73-87(92)103-82(76-97-84(89)70-65-60-55-50-45-42-40-37-31-28-25-22-19-16-13-10-7-2)78-101-105(93,94)99-74-81(88)75-100-106(95,96)102-79-83(77-98-85(90)71-66-61-56-53-48-49-54-59-64-69-80(4)5)104-86(91)72-67-62-57-51-46-43-39-29-26-23-20-17-14-11-8-3/h80-83,88H,6-79H2,1-5H3,(H,93,94)(H,95,96)/t81-,82-,83-/m1/s1. The molecular formula is C87H170O17P2. The van der Waals surface area contributed by atoms with E-state index in [1.54, 1.807) is 0 Å². The van der Waals surface area contributed by atoms with Crippen molar-refractivity contribution >= 4 is 39.5 Å². The first-order valence-electron chi connectivity index (χ1n) is 45.1. The van der Waals surface area contributed by atoms with E-state index in [2.05, 4.69) is 34.6 Å². The number of carbonyl (C=O) groups is 4. The summed E-state index contributed by atoms with van der Waals surface area (Å²) in [7, 11) is -9.93. The van der Waals surface area contributed by atoms with Crippen LogP contribution in [-0.2, 0) is 65.4 Å². The van der Waals surface area contributed by atoms with E-state index in [-0.39, 0.29) is 25.7 Å². The van der Waals surface area contributed by atoms with Crippen molar-refractivity contribution in [2.45, 2.75) is 490 Å². The lowest BCUT2D eigenvalue weighted by Gasteiger charge is -2.21.